The van der Waals surface area contributed by atoms with Crippen LogP contribution in [0.25, 0.3) is 0 Å². The van der Waals surface area contributed by atoms with Crippen LogP contribution in [0, 0.1) is 13.8 Å². The summed E-state index contributed by atoms with van der Waals surface area (Å²) in [7, 11) is 1.61. The molecule has 0 aliphatic carbocycles. The maximum atomic E-state index is 12.6. The molecule has 0 radical (unpaired) electrons. The van der Waals surface area contributed by atoms with Crippen LogP contribution in [0.1, 0.15) is 29.7 Å². The Hall–Kier alpha value is -3.02. The fourth-order valence-corrected chi connectivity index (χ4v) is 3.61. The lowest BCUT2D eigenvalue weighted by Gasteiger charge is -2.36. The molecule has 2 aromatic carbocycles. The topological polar surface area (TPSA) is 61.9 Å². The number of rotatable bonds is 4. The molecule has 6 nitrogen and oxygen atoms in total. The van der Waals surface area contributed by atoms with E-state index in [0.717, 1.165) is 24.4 Å². The van der Waals surface area contributed by atoms with Gasteiger partial charge in [0.25, 0.3) is 0 Å². The lowest BCUT2D eigenvalue weighted by atomic mass is 10.1. The summed E-state index contributed by atoms with van der Waals surface area (Å²) in [5.41, 5.74) is 4.65. The number of hydrogen-bond donors (Lipinski definition) is 1. The Labute approximate surface area is 172 Å². The van der Waals surface area contributed by atoms with Gasteiger partial charge in [0.15, 0.2) is 0 Å². The van der Waals surface area contributed by atoms with Gasteiger partial charge < -0.3 is 19.9 Å². The van der Waals surface area contributed by atoms with E-state index in [1.807, 2.05) is 31.2 Å². The van der Waals surface area contributed by atoms with Crippen LogP contribution in [0.3, 0.4) is 0 Å². The zero-order valence-corrected chi connectivity index (χ0v) is 17.6. The van der Waals surface area contributed by atoms with Crippen LogP contribution in [0.2, 0.25) is 0 Å². The number of carbonyl (C=O) groups excluding carboxylic acids is 2. The molecule has 1 aliphatic heterocycles. The second kappa shape index (κ2) is 8.99. The summed E-state index contributed by atoms with van der Waals surface area (Å²) in [5, 5.41) is 2.81. The van der Waals surface area contributed by atoms with Crippen LogP contribution in [-0.2, 0) is 9.59 Å². The summed E-state index contributed by atoms with van der Waals surface area (Å²) >= 11 is 0. The maximum Gasteiger partial charge on any atom is 0.312 e. The quantitative estimate of drug-likeness (QED) is 0.809. The molecule has 0 saturated carbocycles. The summed E-state index contributed by atoms with van der Waals surface area (Å²) in [6.45, 7) is 8.61. The first-order chi connectivity index (χ1) is 13.9. The van der Waals surface area contributed by atoms with Crippen molar-refractivity contribution in [3.8, 4) is 5.75 Å². The molecule has 2 aromatic rings. The molecule has 0 spiro atoms. The van der Waals surface area contributed by atoms with Crippen LogP contribution in [-0.4, -0.2) is 50.0 Å². The zero-order chi connectivity index (χ0) is 21.0. The lowest BCUT2D eigenvalue weighted by Crippen LogP contribution is -2.53. The SMILES string of the molecule is COc1ccc(C(C)NC(=O)C(=O)N2CCN(c3cccc(C)c3C)CC2)cc1. The Morgan fingerprint density at radius 2 is 1.66 bits per heavy atom. The number of anilines is 1. The summed E-state index contributed by atoms with van der Waals surface area (Å²) in [5.74, 6) is -0.274. The van der Waals surface area contributed by atoms with E-state index in [9.17, 15) is 9.59 Å². The van der Waals surface area contributed by atoms with Gasteiger partial charge in [0, 0.05) is 31.9 Å². The highest BCUT2D eigenvalue weighted by atomic mass is 16.5. The van der Waals surface area contributed by atoms with Gasteiger partial charge in [0.2, 0.25) is 0 Å². The Kier molecular flexibility index (Phi) is 6.42. The van der Waals surface area contributed by atoms with Gasteiger partial charge >= 0.3 is 11.8 Å². The molecule has 1 fully saturated rings. The Morgan fingerprint density at radius 1 is 1.00 bits per heavy atom. The molecule has 1 unspecified atom stereocenters. The third-order valence-electron chi connectivity index (χ3n) is 5.64. The second-order valence-corrected chi connectivity index (χ2v) is 7.47. The van der Waals surface area contributed by atoms with Gasteiger partial charge in [-0.25, -0.2) is 0 Å². The summed E-state index contributed by atoms with van der Waals surface area (Å²) in [6, 6.07) is 13.5. The van der Waals surface area contributed by atoms with Crippen molar-refractivity contribution >= 4 is 17.5 Å². The number of aryl methyl sites for hydroxylation is 1. The van der Waals surface area contributed by atoms with E-state index in [1.54, 1.807) is 12.0 Å². The van der Waals surface area contributed by atoms with E-state index in [2.05, 4.69) is 42.3 Å². The van der Waals surface area contributed by atoms with Crippen LogP contribution >= 0.6 is 0 Å². The minimum absolute atomic E-state index is 0.256. The van der Waals surface area contributed by atoms with E-state index in [4.69, 9.17) is 4.74 Å². The average molecular weight is 396 g/mol. The summed E-state index contributed by atoms with van der Waals surface area (Å²) in [4.78, 5) is 29.0. The van der Waals surface area contributed by atoms with Crippen molar-refractivity contribution in [2.45, 2.75) is 26.8 Å². The van der Waals surface area contributed by atoms with Crippen molar-refractivity contribution in [2.75, 3.05) is 38.2 Å². The van der Waals surface area contributed by atoms with Gasteiger partial charge in [-0.1, -0.05) is 24.3 Å². The number of methoxy groups -OCH3 is 1. The zero-order valence-electron chi connectivity index (χ0n) is 17.6. The first kappa shape index (κ1) is 20.7. The van der Waals surface area contributed by atoms with E-state index in [0.29, 0.717) is 13.1 Å². The molecule has 1 heterocycles. The number of piperazine rings is 1. The molecule has 1 N–H and O–H groups in total. The predicted octanol–water partition coefficient (Wildman–Crippen LogP) is 2.84. The van der Waals surface area contributed by atoms with Gasteiger partial charge in [-0.05, 0) is 55.7 Å². The Bertz CT molecular complexity index is 871. The molecule has 0 bridgehead atoms. The fraction of sp³-hybridized carbons (Fsp3) is 0.391. The molecule has 154 valence electrons. The van der Waals surface area contributed by atoms with E-state index >= 15 is 0 Å². The number of amides is 2. The number of hydrogen-bond acceptors (Lipinski definition) is 4. The van der Waals surface area contributed by atoms with Gasteiger partial charge in [-0.2, -0.15) is 0 Å². The number of ether oxygens (including phenoxy) is 1. The Balaban J connectivity index is 1.55. The van der Waals surface area contributed by atoms with Crippen molar-refractivity contribution in [2.24, 2.45) is 0 Å². The molecule has 1 saturated heterocycles. The molecule has 6 heteroatoms. The first-order valence-corrected chi connectivity index (χ1v) is 9.95. The number of carbonyl (C=O) groups is 2. The highest BCUT2D eigenvalue weighted by Crippen LogP contribution is 2.24. The lowest BCUT2D eigenvalue weighted by molar-refractivity contribution is -0.146. The molecule has 0 aromatic heterocycles. The van der Waals surface area contributed by atoms with Crippen LogP contribution < -0.4 is 15.0 Å². The van der Waals surface area contributed by atoms with Gasteiger partial charge in [0.05, 0.1) is 13.2 Å². The van der Waals surface area contributed by atoms with Crippen molar-refractivity contribution < 1.29 is 14.3 Å². The molecule has 29 heavy (non-hydrogen) atoms. The van der Waals surface area contributed by atoms with Crippen LogP contribution in [0.5, 0.6) is 5.75 Å². The fourth-order valence-electron chi connectivity index (χ4n) is 3.61. The third-order valence-corrected chi connectivity index (χ3v) is 5.64. The van der Waals surface area contributed by atoms with Crippen molar-refractivity contribution in [1.29, 1.82) is 0 Å². The van der Waals surface area contributed by atoms with E-state index in [1.165, 1.54) is 16.8 Å². The predicted molar refractivity (Wildman–Crippen MR) is 114 cm³/mol. The van der Waals surface area contributed by atoms with Crippen LogP contribution in [0.15, 0.2) is 42.5 Å². The van der Waals surface area contributed by atoms with E-state index < -0.39 is 11.8 Å². The average Bonchev–Trinajstić information content (AvgIpc) is 2.75. The van der Waals surface area contributed by atoms with Crippen molar-refractivity contribution in [1.82, 2.24) is 10.2 Å². The molecule has 3 rings (SSSR count). The number of nitrogens with one attached hydrogen (secondary N) is 1. The van der Waals surface area contributed by atoms with Gasteiger partial charge in [0.1, 0.15) is 5.75 Å². The van der Waals surface area contributed by atoms with Crippen molar-refractivity contribution in [3.63, 3.8) is 0 Å². The largest absolute Gasteiger partial charge is 0.497 e. The minimum Gasteiger partial charge on any atom is -0.497 e. The monoisotopic (exact) mass is 395 g/mol. The highest BCUT2D eigenvalue weighted by Gasteiger charge is 2.27. The maximum absolute atomic E-state index is 12.6. The summed E-state index contributed by atoms with van der Waals surface area (Å²) in [6.07, 6.45) is 0. The van der Waals surface area contributed by atoms with Gasteiger partial charge in [-0.15, -0.1) is 0 Å². The summed E-state index contributed by atoms with van der Waals surface area (Å²) < 4.78 is 5.15. The number of nitrogens with zero attached hydrogens (tertiary/aromatic N) is 2. The first-order valence-electron chi connectivity index (χ1n) is 9.95. The van der Waals surface area contributed by atoms with Crippen LogP contribution in [0.4, 0.5) is 5.69 Å². The molecule has 2 amide bonds. The standard InChI is InChI=1S/C23H29N3O3/c1-16-6-5-7-21(17(16)2)25-12-14-26(15-13-25)23(28)22(27)24-18(3)19-8-10-20(29-4)11-9-19/h5-11,18H,12-15H2,1-4H3,(H,24,27). The molecular formula is C23H29N3O3. The Morgan fingerprint density at radius 3 is 2.28 bits per heavy atom. The smallest absolute Gasteiger partial charge is 0.312 e. The number of benzene rings is 2. The molecule has 1 atom stereocenters. The molecular weight excluding hydrogens is 366 g/mol. The minimum atomic E-state index is -0.562. The third kappa shape index (κ3) is 4.70. The normalized spacial score (nSPS) is 15.0. The molecule has 1 aliphatic rings. The van der Waals surface area contributed by atoms with E-state index in [-0.39, 0.29) is 6.04 Å². The van der Waals surface area contributed by atoms with Gasteiger partial charge in [-0.3, -0.25) is 9.59 Å². The van der Waals surface area contributed by atoms with Crippen molar-refractivity contribution in [3.05, 3.63) is 59.2 Å². The highest BCUT2D eigenvalue weighted by molar-refractivity contribution is 6.35. The second-order valence-electron chi connectivity index (χ2n) is 7.47.